The predicted molar refractivity (Wildman–Crippen MR) is 105 cm³/mol. The molecule has 162 valence electrons. The van der Waals surface area contributed by atoms with E-state index in [4.69, 9.17) is 18.9 Å². The lowest BCUT2D eigenvalue weighted by Gasteiger charge is -2.29. The van der Waals surface area contributed by atoms with Gasteiger partial charge in [-0.1, -0.05) is 6.07 Å². The number of methoxy groups -OCH3 is 4. The van der Waals surface area contributed by atoms with Crippen molar-refractivity contribution in [2.75, 3.05) is 28.4 Å². The Morgan fingerprint density at radius 2 is 1.43 bits per heavy atom. The third kappa shape index (κ3) is 5.54. The third-order valence-electron chi connectivity index (χ3n) is 4.07. The van der Waals surface area contributed by atoms with E-state index < -0.39 is 7.82 Å². The van der Waals surface area contributed by atoms with Crippen LogP contribution in [0.15, 0.2) is 35.9 Å². The summed E-state index contributed by atoms with van der Waals surface area (Å²) in [6.45, 7) is 1.59. The minimum atomic E-state index is -5.28. The number of benzene rings is 2. The SMILES string of the molecule is COc1ccc(/C=C(\C)C(=O)c2cc(OC)c(OC)c(OC)c2)cc1OP(=O)([O-])[O-]. The monoisotopic (exact) mass is 436 g/mol. The molecule has 0 saturated carbocycles. The lowest BCUT2D eigenvalue weighted by Crippen LogP contribution is -2.18. The number of rotatable bonds is 9. The molecule has 10 heteroatoms. The standard InChI is InChI=1S/C20H23O9P/c1-12(8-13-6-7-15(25-2)16(9-13)29-30(22,23)24)19(21)14-10-17(26-3)20(28-5)18(11-14)27-4/h6-11H,1-5H3,(H2,22,23,24)/p-2/b12-8+. The number of carbonyl (C=O) groups is 1. The lowest BCUT2D eigenvalue weighted by molar-refractivity contribution is -0.333. The van der Waals surface area contributed by atoms with Gasteiger partial charge in [-0.25, -0.2) is 0 Å². The molecular weight excluding hydrogens is 415 g/mol. The average Bonchev–Trinajstić information content (AvgIpc) is 2.70. The van der Waals surface area contributed by atoms with E-state index in [9.17, 15) is 19.1 Å². The van der Waals surface area contributed by atoms with Crippen LogP contribution in [0.3, 0.4) is 0 Å². The molecule has 0 aliphatic rings. The zero-order valence-electron chi connectivity index (χ0n) is 17.1. The molecule has 0 radical (unpaired) electrons. The fourth-order valence-electron chi connectivity index (χ4n) is 2.73. The molecule has 0 unspecified atom stereocenters. The van der Waals surface area contributed by atoms with Crippen LogP contribution in [0.2, 0.25) is 0 Å². The maximum absolute atomic E-state index is 12.9. The van der Waals surface area contributed by atoms with Crippen LogP contribution in [-0.4, -0.2) is 34.2 Å². The van der Waals surface area contributed by atoms with Gasteiger partial charge in [-0.15, -0.1) is 0 Å². The van der Waals surface area contributed by atoms with Crippen molar-refractivity contribution >= 4 is 19.7 Å². The van der Waals surface area contributed by atoms with Gasteiger partial charge in [0, 0.05) is 5.56 Å². The van der Waals surface area contributed by atoms with Crippen LogP contribution in [0.1, 0.15) is 22.8 Å². The fraction of sp³-hybridized carbons (Fsp3) is 0.250. The summed E-state index contributed by atoms with van der Waals surface area (Å²) >= 11 is 0. The van der Waals surface area contributed by atoms with E-state index >= 15 is 0 Å². The Hall–Kier alpha value is -3.00. The van der Waals surface area contributed by atoms with E-state index in [0.717, 1.165) is 0 Å². The highest BCUT2D eigenvalue weighted by molar-refractivity contribution is 7.43. The maximum Gasteiger partial charge on any atom is 0.203 e. The Balaban J connectivity index is 2.43. The van der Waals surface area contributed by atoms with E-state index in [-0.39, 0.29) is 17.3 Å². The molecule has 2 aromatic rings. The van der Waals surface area contributed by atoms with E-state index in [0.29, 0.717) is 33.9 Å². The Morgan fingerprint density at radius 1 is 0.867 bits per heavy atom. The summed E-state index contributed by atoms with van der Waals surface area (Å²) < 4.78 is 36.2. The smallest absolute Gasteiger partial charge is 0.203 e. The van der Waals surface area contributed by atoms with Gasteiger partial charge in [-0.3, -0.25) is 4.79 Å². The predicted octanol–water partition coefficient (Wildman–Crippen LogP) is 2.21. The van der Waals surface area contributed by atoms with Gasteiger partial charge in [0.15, 0.2) is 28.8 Å². The van der Waals surface area contributed by atoms with Crippen LogP contribution >= 0.6 is 7.82 Å². The molecule has 0 N–H and O–H groups in total. The summed E-state index contributed by atoms with van der Waals surface area (Å²) in [6.07, 6.45) is 1.51. The minimum Gasteiger partial charge on any atom is -0.780 e. The largest absolute Gasteiger partial charge is 0.780 e. The molecule has 2 rings (SSSR count). The van der Waals surface area contributed by atoms with Crippen LogP contribution in [0.5, 0.6) is 28.7 Å². The Bertz CT molecular complexity index is 982. The second kappa shape index (κ2) is 9.67. The van der Waals surface area contributed by atoms with Crippen LogP contribution in [0, 0.1) is 0 Å². The molecule has 9 nitrogen and oxygen atoms in total. The van der Waals surface area contributed by atoms with Gasteiger partial charge < -0.3 is 37.8 Å². The number of phosphoric ester groups is 1. The van der Waals surface area contributed by atoms with Crippen molar-refractivity contribution in [2.24, 2.45) is 0 Å². The van der Waals surface area contributed by atoms with Gasteiger partial charge in [0.05, 0.1) is 28.4 Å². The molecule has 0 fully saturated rings. The number of phosphoric acid groups is 1. The molecule has 0 aromatic heterocycles. The maximum atomic E-state index is 12.9. The lowest BCUT2D eigenvalue weighted by atomic mass is 10.0. The summed E-state index contributed by atoms with van der Waals surface area (Å²) in [4.78, 5) is 34.8. The first-order valence-electron chi connectivity index (χ1n) is 8.56. The number of ketones is 1. The second-order valence-corrected chi connectivity index (χ2v) is 7.10. The van der Waals surface area contributed by atoms with Gasteiger partial charge in [0.2, 0.25) is 5.75 Å². The third-order valence-corrected chi connectivity index (χ3v) is 4.49. The summed E-state index contributed by atoms with van der Waals surface area (Å²) in [5, 5.41) is 0. The van der Waals surface area contributed by atoms with E-state index in [1.807, 2.05) is 0 Å². The molecule has 0 saturated heterocycles. The van der Waals surface area contributed by atoms with Crippen molar-refractivity contribution in [3.8, 4) is 28.7 Å². The quantitative estimate of drug-likeness (QED) is 0.330. The highest BCUT2D eigenvalue weighted by Gasteiger charge is 2.18. The number of allylic oxidation sites excluding steroid dienone is 1. The molecule has 0 aliphatic heterocycles. The molecular formula is C20H21O9P-2. The number of hydrogen-bond acceptors (Lipinski definition) is 9. The summed E-state index contributed by atoms with van der Waals surface area (Å²) in [5.41, 5.74) is 1.05. The number of hydrogen-bond donors (Lipinski definition) is 0. The molecule has 0 bridgehead atoms. The van der Waals surface area contributed by atoms with Crippen molar-refractivity contribution in [2.45, 2.75) is 6.92 Å². The first kappa shape index (κ1) is 23.3. The first-order chi connectivity index (χ1) is 14.1. The van der Waals surface area contributed by atoms with Crippen molar-refractivity contribution in [1.82, 2.24) is 0 Å². The zero-order chi connectivity index (χ0) is 22.5. The fourth-order valence-corrected chi connectivity index (χ4v) is 3.11. The normalized spacial score (nSPS) is 11.6. The van der Waals surface area contributed by atoms with Gasteiger partial charge in [-0.05, 0) is 48.4 Å². The molecule has 0 aliphatic carbocycles. The van der Waals surface area contributed by atoms with Gasteiger partial charge in [0.1, 0.15) is 7.82 Å². The van der Waals surface area contributed by atoms with E-state index in [1.165, 1.54) is 58.8 Å². The first-order valence-corrected chi connectivity index (χ1v) is 10.0. The Kier molecular flexibility index (Phi) is 7.50. The van der Waals surface area contributed by atoms with Crippen LogP contribution in [0.4, 0.5) is 0 Å². The molecule has 0 heterocycles. The van der Waals surface area contributed by atoms with E-state index in [1.54, 1.807) is 13.0 Å². The van der Waals surface area contributed by atoms with Gasteiger partial charge in [0.25, 0.3) is 0 Å². The number of Topliss-reactive ketones (excluding diaryl/α,β-unsaturated/α-hetero) is 1. The van der Waals surface area contributed by atoms with Crippen molar-refractivity contribution in [3.63, 3.8) is 0 Å². The molecule has 0 atom stereocenters. The highest BCUT2D eigenvalue weighted by Crippen LogP contribution is 2.39. The second-order valence-electron chi connectivity index (χ2n) is 6.02. The molecule has 0 amide bonds. The van der Waals surface area contributed by atoms with Gasteiger partial charge >= 0.3 is 0 Å². The summed E-state index contributed by atoms with van der Waals surface area (Å²) in [7, 11) is 0.363. The molecule has 30 heavy (non-hydrogen) atoms. The molecule has 0 spiro atoms. The van der Waals surface area contributed by atoms with Gasteiger partial charge in [-0.2, -0.15) is 0 Å². The van der Waals surface area contributed by atoms with E-state index in [2.05, 4.69) is 4.52 Å². The summed E-state index contributed by atoms with van der Waals surface area (Å²) in [5.74, 6) is 0.477. The minimum absolute atomic E-state index is 0.0627. The Labute approximate surface area is 174 Å². The number of ether oxygens (including phenoxy) is 4. The van der Waals surface area contributed by atoms with Crippen LogP contribution in [-0.2, 0) is 4.57 Å². The summed E-state index contributed by atoms with van der Waals surface area (Å²) in [6, 6.07) is 7.34. The zero-order valence-corrected chi connectivity index (χ0v) is 18.0. The van der Waals surface area contributed by atoms with Crippen molar-refractivity contribution in [3.05, 3.63) is 47.0 Å². The van der Waals surface area contributed by atoms with Crippen LogP contribution in [0.25, 0.3) is 6.08 Å². The topological polar surface area (TPSA) is 126 Å². The van der Waals surface area contributed by atoms with Crippen molar-refractivity contribution < 1.29 is 42.6 Å². The highest BCUT2D eigenvalue weighted by atomic mass is 31.2. The number of carbonyl (C=O) groups excluding carboxylic acids is 1. The molecule has 2 aromatic carbocycles. The van der Waals surface area contributed by atoms with Crippen LogP contribution < -0.4 is 33.3 Å². The van der Waals surface area contributed by atoms with Crippen molar-refractivity contribution in [1.29, 1.82) is 0 Å². The Morgan fingerprint density at radius 3 is 1.90 bits per heavy atom. The average molecular weight is 436 g/mol.